The van der Waals surface area contributed by atoms with E-state index >= 15 is 0 Å². The van der Waals surface area contributed by atoms with Crippen molar-refractivity contribution in [2.75, 3.05) is 16.3 Å². The Bertz CT molecular complexity index is 1680. The minimum Gasteiger partial charge on any atom is -0.426 e. The zero-order chi connectivity index (χ0) is 28.5. The number of amides is 3. The molecule has 3 aliphatic carbocycles. The van der Waals surface area contributed by atoms with Crippen molar-refractivity contribution in [3.05, 3.63) is 125 Å². The Morgan fingerprint density at radius 1 is 0.643 bits per heavy atom. The van der Waals surface area contributed by atoms with E-state index in [1.807, 2.05) is 54.6 Å². The molecule has 42 heavy (non-hydrogen) atoms. The molecule has 7 nitrogen and oxygen atoms in total. The lowest BCUT2D eigenvalue weighted by atomic mass is 9.55. The third-order valence-corrected chi connectivity index (χ3v) is 9.27. The SMILES string of the molecule is O=C(Oc1cccc(N2C(=O)[C@@H]3C4c5ccccc5C(c5ccccc54)[C@@H]3C2=O)c1)[C@H]1CC(=O)N(c2ccccc2)C1. The molecular weight excluding hydrogens is 528 g/mol. The predicted molar refractivity (Wildman–Crippen MR) is 155 cm³/mol. The van der Waals surface area contributed by atoms with Crippen molar-refractivity contribution in [3.8, 4) is 5.75 Å². The van der Waals surface area contributed by atoms with Gasteiger partial charge in [0.15, 0.2) is 0 Å². The number of esters is 1. The first-order valence-electron chi connectivity index (χ1n) is 14.2. The number of anilines is 2. The summed E-state index contributed by atoms with van der Waals surface area (Å²) < 4.78 is 5.71. The second-order valence-electron chi connectivity index (χ2n) is 11.4. The molecule has 0 spiro atoms. The van der Waals surface area contributed by atoms with Crippen LogP contribution in [0.4, 0.5) is 11.4 Å². The maximum Gasteiger partial charge on any atom is 0.316 e. The van der Waals surface area contributed by atoms with E-state index in [4.69, 9.17) is 4.74 Å². The molecule has 206 valence electrons. The highest BCUT2D eigenvalue weighted by Gasteiger charge is 2.61. The van der Waals surface area contributed by atoms with Crippen molar-refractivity contribution in [1.29, 1.82) is 0 Å². The number of rotatable bonds is 4. The van der Waals surface area contributed by atoms with Gasteiger partial charge in [0.05, 0.1) is 23.4 Å². The van der Waals surface area contributed by atoms with E-state index in [-0.39, 0.29) is 48.3 Å². The lowest BCUT2D eigenvalue weighted by molar-refractivity contribution is -0.139. The van der Waals surface area contributed by atoms with Crippen molar-refractivity contribution in [1.82, 2.24) is 0 Å². The molecule has 0 aromatic heterocycles. The molecule has 5 aliphatic rings. The number of nitrogens with zero attached hydrogens (tertiary/aromatic N) is 2. The first kappa shape index (κ1) is 24.7. The third-order valence-electron chi connectivity index (χ3n) is 9.27. The molecule has 0 N–H and O–H groups in total. The lowest BCUT2D eigenvalue weighted by Gasteiger charge is -2.45. The molecule has 4 aromatic rings. The molecular formula is C35H26N2O5. The van der Waals surface area contributed by atoms with Crippen molar-refractivity contribution in [3.63, 3.8) is 0 Å². The first-order chi connectivity index (χ1) is 20.5. The topological polar surface area (TPSA) is 84.0 Å². The van der Waals surface area contributed by atoms with Crippen LogP contribution in [0.2, 0.25) is 0 Å². The standard InChI is InChI=1S/C35H26N2O5/c38-28-17-20(19-36(28)21-9-2-1-3-10-21)35(41)42-23-12-8-11-22(18-23)37-33(39)31-29-24-13-4-5-14-25(24)30(32(31)34(37)40)27-16-7-6-15-26(27)29/h1-16,18,20,29-32H,17,19H2/t20-,29?,30?,31-,32+/m0/s1. The highest BCUT2D eigenvalue weighted by Crippen LogP contribution is 2.61. The molecule has 9 rings (SSSR count). The fourth-order valence-corrected chi connectivity index (χ4v) is 7.54. The van der Waals surface area contributed by atoms with Crippen LogP contribution in [0.5, 0.6) is 5.75 Å². The Hall–Kier alpha value is -5.04. The molecule has 2 aliphatic heterocycles. The quantitative estimate of drug-likeness (QED) is 0.201. The van der Waals surface area contributed by atoms with Crippen molar-refractivity contribution >= 4 is 35.1 Å². The second kappa shape index (κ2) is 9.24. The molecule has 7 heteroatoms. The Morgan fingerprint density at radius 3 is 1.74 bits per heavy atom. The smallest absolute Gasteiger partial charge is 0.316 e. The lowest BCUT2D eigenvalue weighted by Crippen LogP contribution is -2.41. The van der Waals surface area contributed by atoms with E-state index in [2.05, 4.69) is 24.3 Å². The molecule has 3 atom stereocenters. The van der Waals surface area contributed by atoms with Crippen molar-refractivity contribution in [2.45, 2.75) is 18.3 Å². The monoisotopic (exact) mass is 554 g/mol. The van der Waals surface area contributed by atoms with Gasteiger partial charge in [0, 0.05) is 36.6 Å². The van der Waals surface area contributed by atoms with Crippen LogP contribution in [-0.2, 0) is 19.2 Å². The van der Waals surface area contributed by atoms with Gasteiger partial charge in [0.2, 0.25) is 17.7 Å². The van der Waals surface area contributed by atoms with Gasteiger partial charge in [0.25, 0.3) is 0 Å². The van der Waals surface area contributed by atoms with Gasteiger partial charge in [-0.05, 0) is 46.5 Å². The molecule has 2 saturated heterocycles. The van der Waals surface area contributed by atoms with E-state index in [0.717, 1.165) is 27.9 Å². The fourth-order valence-electron chi connectivity index (χ4n) is 7.54. The maximum absolute atomic E-state index is 14.1. The highest BCUT2D eigenvalue weighted by molar-refractivity contribution is 6.23. The molecule has 4 aromatic carbocycles. The summed E-state index contributed by atoms with van der Waals surface area (Å²) in [6.45, 7) is 0.234. The van der Waals surface area contributed by atoms with E-state index in [0.29, 0.717) is 5.69 Å². The Balaban J connectivity index is 1.07. The van der Waals surface area contributed by atoms with Crippen LogP contribution in [0.25, 0.3) is 0 Å². The number of carbonyl (C=O) groups is 4. The van der Waals surface area contributed by atoms with E-state index < -0.39 is 23.7 Å². The number of imide groups is 1. The average molecular weight is 555 g/mol. The molecule has 0 unspecified atom stereocenters. The summed E-state index contributed by atoms with van der Waals surface area (Å²) in [5.74, 6) is -2.87. The predicted octanol–water partition coefficient (Wildman–Crippen LogP) is 5.04. The van der Waals surface area contributed by atoms with E-state index in [9.17, 15) is 19.2 Å². The van der Waals surface area contributed by atoms with Crippen LogP contribution in [-0.4, -0.2) is 30.2 Å². The van der Waals surface area contributed by atoms with Crippen LogP contribution >= 0.6 is 0 Å². The van der Waals surface area contributed by atoms with Crippen LogP contribution in [0.15, 0.2) is 103 Å². The number of hydrogen-bond acceptors (Lipinski definition) is 5. The van der Waals surface area contributed by atoms with Crippen molar-refractivity contribution in [2.24, 2.45) is 17.8 Å². The minimum atomic E-state index is -0.619. The van der Waals surface area contributed by atoms with Gasteiger partial charge >= 0.3 is 5.97 Å². The maximum atomic E-state index is 14.1. The summed E-state index contributed by atoms with van der Waals surface area (Å²) in [6.07, 6.45) is 0.0593. The van der Waals surface area contributed by atoms with E-state index in [1.165, 1.54) is 4.90 Å². The molecule has 3 amide bonds. The molecule has 0 radical (unpaired) electrons. The number of benzene rings is 4. The molecule has 0 saturated carbocycles. The number of para-hydroxylation sites is 1. The van der Waals surface area contributed by atoms with Gasteiger partial charge in [0.1, 0.15) is 5.75 Å². The van der Waals surface area contributed by atoms with Crippen LogP contribution in [0, 0.1) is 17.8 Å². The number of ether oxygens (including phenoxy) is 1. The summed E-state index contributed by atoms with van der Waals surface area (Å²) in [4.78, 5) is 56.7. The van der Waals surface area contributed by atoms with Gasteiger partial charge in [-0.15, -0.1) is 0 Å². The normalized spacial score (nSPS) is 25.3. The number of hydrogen-bond donors (Lipinski definition) is 0. The second-order valence-corrected chi connectivity index (χ2v) is 11.4. The minimum absolute atomic E-state index is 0.0593. The molecule has 2 bridgehead atoms. The largest absolute Gasteiger partial charge is 0.426 e. The average Bonchev–Trinajstić information content (AvgIpc) is 3.54. The number of carbonyl (C=O) groups excluding carboxylic acids is 4. The zero-order valence-electron chi connectivity index (χ0n) is 22.6. The van der Waals surface area contributed by atoms with Gasteiger partial charge in [-0.25, -0.2) is 4.90 Å². The molecule has 2 fully saturated rings. The van der Waals surface area contributed by atoms with Crippen LogP contribution in [0.1, 0.15) is 40.5 Å². The molecule has 2 heterocycles. The Morgan fingerprint density at radius 2 is 1.17 bits per heavy atom. The Labute approximate surface area is 242 Å². The highest BCUT2D eigenvalue weighted by atomic mass is 16.5. The Kier molecular flexibility index (Phi) is 5.44. The van der Waals surface area contributed by atoms with Crippen LogP contribution < -0.4 is 14.5 Å². The summed E-state index contributed by atoms with van der Waals surface area (Å²) in [7, 11) is 0. The van der Waals surface area contributed by atoms with Crippen molar-refractivity contribution < 1.29 is 23.9 Å². The summed E-state index contributed by atoms with van der Waals surface area (Å²) in [5.41, 5.74) is 5.58. The third kappa shape index (κ3) is 3.52. The van der Waals surface area contributed by atoms with Gasteiger partial charge < -0.3 is 9.64 Å². The zero-order valence-corrected chi connectivity index (χ0v) is 22.6. The summed E-state index contributed by atoms with van der Waals surface area (Å²) in [5, 5.41) is 0. The van der Waals surface area contributed by atoms with Crippen LogP contribution in [0.3, 0.4) is 0 Å². The fraction of sp³-hybridized carbons (Fsp3) is 0.200. The summed E-state index contributed by atoms with van der Waals surface area (Å²) >= 11 is 0. The van der Waals surface area contributed by atoms with E-state index in [1.54, 1.807) is 29.2 Å². The van der Waals surface area contributed by atoms with Gasteiger partial charge in [-0.1, -0.05) is 72.8 Å². The summed E-state index contributed by atoms with van der Waals surface area (Å²) in [6, 6.07) is 32.1. The van der Waals surface area contributed by atoms with Gasteiger partial charge in [-0.3, -0.25) is 19.2 Å². The first-order valence-corrected chi connectivity index (χ1v) is 14.2. The van der Waals surface area contributed by atoms with Gasteiger partial charge in [-0.2, -0.15) is 0 Å².